The fraction of sp³-hybridized carbons (Fsp3) is 0.636. The smallest absolute Gasteiger partial charge is 0.410 e. The molecular formula is C22H29N5O3S2. The molecule has 1 spiro atoms. The minimum atomic E-state index is -0.253. The summed E-state index contributed by atoms with van der Waals surface area (Å²) in [7, 11) is 1.93. The summed E-state index contributed by atoms with van der Waals surface area (Å²) in [6.07, 6.45) is 6.97. The van der Waals surface area contributed by atoms with Gasteiger partial charge in [-0.05, 0) is 50.0 Å². The number of rotatable bonds is 5. The van der Waals surface area contributed by atoms with Crippen molar-refractivity contribution in [1.82, 2.24) is 24.6 Å². The highest BCUT2D eigenvalue weighted by Crippen LogP contribution is 2.38. The van der Waals surface area contributed by atoms with Gasteiger partial charge in [-0.25, -0.2) is 4.79 Å². The van der Waals surface area contributed by atoms with Crippen molar-refractivity contribution < 1.29 is 14.3 Å². The number of ether oxygens (including phenoxy) is 1. The van der Waals surface area contributed by atoms with Gasteiger partial charge in [-0.15, -0.1) is 21.5 Å². The number of amides is 2. The molecule has 10 heteroatoms. The predicted molar refractivity (Wildman–Crippen MR) is 124 cm³/mol. The minimum Gasteiger partial charge on any atom is -0.441 e. The second-order valence-electron chi connectivity index (χ2n) is 8.98. The summed E-state index contributed by atoms with van der Waals surface area (Å²) in [4.78, 5) is 30.3. The first-order chi connectivity index (χ1) is 15.5. The zero-order valence-electron chi connectivity index (χ0n) is 18.4. The van der Waals surface area contributed by atoms with Crippen LogP contribution in [0, 0.1) is 0 Å². The number of hydrogen-bond acceptors (Lipinski definition) is 7. The summed E-state index contributed by atoms with van der Waals surface area (Å²) >= 11 is 3.05. The molecule has 0 radical (unpaired) electrons. The molecule has 4 heterocycles. The van der Waals surface area contributed by atoms with Crippen molar-refractivity contribution in [2.45, 2.75) is 61.7 Å². The van der Waals surface area contributed by atoms with Crippen LogP contribution in [0.15, 0.2) is 22.7 Å². The Hall–Kier alpha value is -2.07. The van der Waals surface area contributed by atoms with Crippen LogP contribution in [0.4, 0.5) is 4.79 Å². The number of aromatic nitrogens is 3. The Morgan fingerprint density at radius 2 is 2.03 bits per heavy atom. The lowest BCUT2D eigenvalue weighted by molar-refractivity contribution is -0.129. The molecule has 0 atom stereocenters. The van der Waals surface area contributed by atoms with Gasteiger partial charge in [0.1, 0.15) is 5.60 Å². The molecule has 2 aromatic rings. The van der Waals surface area contributed by atoms with Gasteiger partial charge in [0.2, 0.25) is 5.91 Å². The third-order valence-electron chi connectivity index (χ3n) is 6.92. The SMILES string of the molecule is Cn1c(SCC(=O)N2CCC(N3CC4(CCCCC4)OC3=O)CC2)nnc1-c1cccs1. The molecule has 0 aromatic carbocycles. The lowest BCUT2D eigenvalue weighted by Crippen LogP contribution is -2.48. The maximum absolute atomic E-state index is 12.8. The second-order valence-corrected chi connectivity index (χ2v) is 10.9. The molecule has 5 rings (SSSR count). The standard InChI is InChI=1S/C22H29N5O3S2/c1-25-19(17-6-5-13-31-17)23-24-20(25)32-14-18(28)26-11-7-16(8-12-26)27-15-22(30-21(27)29)9-3-2-4-10-22/h5-6,13,16H,2-4,7-12,14-15H2,1H3. The van der Waals surface area contributed by atoms with Crippen molar-refractivity contribution in [3.8, 4) is 10.7 Å². The van der Waals surface area contributed by atoms with Gasteiger partial charge in [0, 0.05) is 26.2 Å². The topological polar surface area (TPSA) is 80.6 Å². The van der Waals surface area contributed by atoms with Crippen molar-refractivity contribution >= 4 is 35.1 Å². The van der Waals surface area contributed by atoms with Crippen LogP contribution in [-0.2, 0) is 16.6 Å². The molecule has 1 saturated carbocycles. The van der Waals surface area contributed by atoms with Crippen LogP contribution in [0.2, 0.25) is 0 Å². The number of thioether (sulfide) groups is 1. The molecule has 2 amide bonds. The van der Waals surface area contributed by atoms with Crippen LogP contribution in [-0.4, -0.2) is 73.6 Å². The summed E-state index contributed by atoms with van der Waals surface area (Å²) in [5.74, 6) is 1.28. The Kier molecular flexibility index (Phi) is 6.16. The van der Waals surface area contributed by atoms with E-state index < -0.39 is 0 Å². The van der Waals surface area contributed by atoms with Crippen LogP contribution in [0.1, 0.15) is 44.9 Å². The molecule has 1 aliphatic carbocycles. The Balaban J connectivity index is 1.12. The number of carbonyl (C=O) groups excluding carboxylic acids is 2. The van der Waals surface area contributed by atoms with E-state index in [4.69, 9.17) is 4.74 Å². The number of hydrogen-bond donors (Lipinski definition) is 0. The Morgan fingerprint density at radius 1 is 1.25 bits per heavy atom. The summed E-state index contributed by atoms with van der Waals surface area (Å²) in [5.41, 5.74) is -0.253. The average Bonchev–Trinajstić information content (AvgIpc) is 3.53. The zero-order valence-corrected chi connectivity index (χ0v) is 20.0. The van der Waals surface area contributed by atoms with Crippen molar-refractivity contribution in [2.24, 2.45) is 7.05 Å². The number of piperidine rings is 1. The lowest BCUT2D eigenvalue weighted by Gasteiger charge is -2.36. The first-order valence-corrected chi connectivity index (χ1v) is 13.2. The van der Waals surface area contributed by atoms with Gasteiger partial charge >= 0.3 is 6.09 Å². The number of nitrogens with zero attached hydrogens (tertiary/aromatic N) is 5. The van der Waals surface area contributed by atoms with Crippen LogP contribution in [0.5, 0.6) is 0 Å². The lowest BCUT2D eigenvalue weighted by atomic mass is 9.84. The van der Waals surface area contributed by atoms with E-state index in [9.17, 15) is 9.59 Å². The van der Waals surface area contributed by atoms with E-state index >= 15 is 0 Å². The van der Waals surface area contributed by atoms with Gasteiger partial charge in [0.05, 0.1) is 17.2 Å². The first kappa shape index (κ1) is 21.8. The van der Waals surface area contributed by atoms with Gasteiger partial charge < -0.3 is 19.1 Å². The van der Waals surface area contributed by atoms with Crippen LogP contribution >= 0.6 is 23.1 Å². The molecule has 2 aliphatic heterocycles. The quantitative estimate of drug-likeness (QED) is 0.612. The number of carbonyl (C=O) groups is 2. The van der Waals surface area contributed by atoms with E-state index in [-0.39, 0.29) is 23.6 Å². The van der Waals surface area contributed by atoms with Crippen molar-refractivity contribution in [3.63, 3.8) is 0 Å². The maximum Gasteiger partial charge on any atom is 0.410 e. The highest BCUT2D eigenvalue weighted by atomic mass is 32.2. The first-order valence-electron chi connectivity index (χ1n) is 11.4. The van der Waals surface area contributed by atoms with Crippen molar-refractivity contribution in [1.29, 1.82) is 0 Å². The predicted octanol–water partition coefficient (Wildman–Crippen LogP) is 3.78. The van der Waals surface area contributed by atoms with Crippen molar-refractivity contribution in [2.75, 3.05) is 25.4 Å². The van der Waals surface area contributed by atoms with Gasteiger partial charge in [-0.3, -0.25) is 4.79 Å². The van der Waals surface area contributed by atoms with Crippen LogP contribution < -0.4 is 0 Å². The molecule has 0 unspecified atom stereocenters. The summed E-state index contributed by atoms with van der Waals surface area (Å²) in [6.45, 7) is 2.08. The monoisotopic (exact) mass is 475 g/mol. The highest BCUT2D eigenvalue weighted by Gasteiger charge is 2.48. The molecule has 8 nitrogen and oxygen atoms in total. The van der Waals surface area contributed by atoms with E-state index in [0.717, 1.165) is 60.9 Å². The molecular weight excluding hydrogens is 446 g/mol. The third kappa shape index (κ3) is 4.26. The molecule has 3 fully saturated rings. The van der Waals surface area contributed by atoms with E-state index in [1.165, 1.54) is 18.2 Å². The molecule has 32 heavy (non-hydrogen) atoms. The largest absolute Gasteiger partial charge is 0.441 e. The zero-order chi connectivity index (χ0) is 22.1. The van der Waals surface area contributed by atoms with E-state index in [0.29, 0.717) is 18.8 Å². The third-order valence-corrected chi connectivity index (χ3v) is 8.79. The minimum absolute atomic E-state index is 0.113. The number of likely N-dealkylation sites (tertiary alicyclic amines) is 1. The molecule has 3 aliphatic rings. The molecule has 2 saturated heterocycles. The van der Waals surface area contributed by atoms with Crippen LogP contribution in [0.3, 0.4) is 0 Å². The second kappa shape index (κ2) is 9.05. The fourth-order valence-corrected chi connectivity index (χ4v) is 6.65. The summed E-state index contributed by atoms with van der Waals surface area (Å²) in [6, 6.07) is 4.18. The highest BCUT2D eigenvalue weighted by molar-refractivity contribution is 7.99. The van der Waals surface area contributed by atoms with Gasteiger partial charge in [-0.1, -0.05) is 24.2 Å². The normalized spacial score (nSPS) is 21.3. The Bertz CT molecular complexity index is 962. The van der Waals surface area contributed by atoms with Crippen LogP contribution in [0.25, 0.3) is 10.7 Å². The van der Waals surface area contributed by atoms with E-state index in [1.54, 1.807) is 11.3 Å². The van der Waals surface area contributed by atoms with Gasteiger partial charge in [0.25, 0.3) is 0 Å². The van der Waals surface area contributed by atoms with Gasteiger partial charge in [-0.2, -0.15) is 0 Å². The fourth-order valence-electron chi connectivity index (χ4n) is 5.09. The molecule has 0 bridgehead atoms. The molecule has 2 aromatic heterocycles. The summed E-state index contributed by atoms with van der Waals surface area (Å²) < 4.78 is 7.79. The summed E-state index contributed by atoms with van der Waals surface area (Å²) in [5, 5.41) is 11.3. The number of thiophene rings is 1. The van der Waals surface area contributed by atoms with Gasteiger partial charge in [0.15, 0.2) is 11.0 Å². The average molecular weight is 476 g/mol. The molecule has 172 valence electrons. The van der Waals surface area contributed by atoms with Crippen molar-refractivity contribution in [3.05, 3.63) is 17.5 Å². The van der Waals surface area contributed by atoms with E-state index in [1.807, 2.05) is 38.9 Å². The molecule has 0 N–H and O–H groups in total. The maximum atomic E-state index is 12.8. The Labute approximate surface area is 196 Å². The Morgan fingerprint density at radius 3 is 2.75 bits per heavy atom. The van der Waals surface area contributed by atoms with E-state index in [2.05, 4.69) is 10.2 Å².